The van der Waals surface area contributed by atoms with Gasteiger partial charge in [0, 0.05) is 23.2 Å². The van der Waals surface area contributed by atoms with Crippen molar-refractivity contribution in [1.82, 2.24) is 13.9 Å². The Morgan fingerprint density at radius 1 is 1.31 bits per heavy atom. The number of piperidine rings is 1. The van der Waals surface area contributed by atoms with Gasteiger partial charge in [-0.15, -0.1) is 5.10 Å². The predicted octanol–water partition coefficient (Wildman–Crippen LogP) is 2.74. The van der Waals surface area contributed by atoms with Crippen molar-refractivity contribution < 1.29 is 13.2 Å². The van der Waals surface area contributed by atoms with Gasteiger partial charge in [0.1, 0.15) is 11.7 Å². The molecule has 1 aliphatic heterocycles. The van der Waals surface area contributed by atoms with Crippen molar-refractivity contribution in [2.75, 3.05) is 17.6 Å². The molecule has 1 saturated heterocycles. The summed E-state index contributed by atoms with van der Waals surface area (Å²) >= 11 is 1.28. The van der Waals surface area contributed by atoms with Crippen LogP contribution in [0.1, 0.15) is 32.6 Å². The molecule has 1 unspecified atom stereocenters. The van der Waals surface area contributed by atoms with Crippen LogP contribution < -0.4 is 5.32 Å². The monoisotopic (exact) mass is 394 g/mol. The highest BCUT2D eigenvalue weighted by atomic mass is 32.2. The van der Waals surface area contributed by atoms with Crippen LogP contribution in [0.15, 0.2) is 29.6 Å². The maximum atomic E-state index is 12.7. The summed E-state index contributed by atoms with van der Waals surface area (Å²) in [6.45, 7) is 2.24. The van der Waals surface area contributed by atoms with Gasteiger partial charge in [-0.3, -0.25) is 4.79 Å². The molecule has 0 aliphatic carbocycles. The summed E-state index contributed by atoms with van der Waals surface area (Å²) in [5, 5.41) is 8.72. The lowest BCUT2D eigenvalue weighted by Gasteiger charge is -2.33. The predicted molar refractivity (Wildman–Crippen MR) is 102 cm³/mol. The number of amides is 1. The number of sulfonamides is 1. The molecule has 1 fully saturated rings. The first-order chi connectivity index (χ1) is 12.5. The third-order valence-electron chi connectivity index (χ3n) is 4.38. The molecule has 1 N–H and O–H groups in total. The van der Waals surface area contributed by atoms with Crippen molar-refractivity contribution in [3.8, 4) is 11.3 Å². The molecular weight excluding hydrogens is 372 g/mol. The van der Waals surface area contributed by atoms with Crippen LogP contribution in [0.4, 0.5) is 5.69 Å². The number of rotatable bonds is 6. The summed E-state index contributed by atoms with van der Waals surface area (Å²) < 4.78 is 30.1. The second-order valence-electron chi connectivity index (χ2n) is 6.30. The smallest absolute Gasteiger partial charge is 0.242 e. The molecule has 7 nitrogen and oxygen atoms in total. The van der Waals surface area contributed by atoms with Crippen LogP contribution in [0.3, 0.4) is 0 Å². The van der Waals surface area contributed by atoms with E-state index < -0.39 is 16.1 Å². The van der Waals surface area contributed by atoms with E-state index in [2.05, 4.69) is 14.9 Å². The fraction of sp³-hybridized carbons (Fsp3) is 0.471. The summed E-state index contributed by atoms with van der Waals surface area (Å²) in [4.78, 5) is 12.7. The molecule has 1 atom stereocenters. The molecule has 140 valence electrons. The van der Waals surface area contributed by atoms with E-state index in [0.717, 1.165) is 24.1 Å². The fourth-order valence-corrected chi connectivity index (χ4v) is 5.33. The molecule has 0 spiro atoms. The van der Waals surface area contributed by atoms with Crippen LogP contribution in [0.5, 0.6) is 0 Å². The zero-order chi connectivity index (χ0) is 18.6. The number of nitrogens with zero attached hydrogens (tertiary/aromatic N) is 3. The normalized spacial score (nSPS) is 18.6. The third kappa shape index (κ3) is 4.28. The Labute approximate surface area is 157 Å². The average Bonchev–Trinajstić information content (AvgIpc) is 3.17. The number of carbonyl (C=O) groups excluding carboxylic acids is 1. The molecule has 1 aliphatic rings. The zero-order valence-electron chi connectivity index (χ0n) is 14.6. The maximum absolute atomic E-state index is 12.7. The molecular formula is C17H22N4O3S2. The fourth-order valence-electron chi connectivity index (χ4n) is 3.12. The van der Waals surface area contributed by atoms with Gasteiger partial charge in [0.15, 0.2) is 0 Å². The SMILES string of the molecule is CCCS(=O)(=O)N1CCCCC1C(=O)Nc1ccc(-c2csnn2)cc1. The van der Waals surface area contributed by atoms with Crippen LogP contribution in [0.25, 0.3) is 11.3 Å². The first-order valence-corrected chi connectivity index (χ1v) is 11.1. The van der Waals surface area contributed by atoms with Gasteiger partial charge in [-0.25, -0.2) is 8.42 Å². The number of benzene rings is 1. The Hall–Kier alpha value is -1.84. The number of hydrogen-bond acceptors (Lipinski definition) is 6. The molecule has 0 saturated carbocycles. The van der Waals surface area contributed by atoms with E-state index in [4.69, 9.17) is 0 Å². The molecule has 1 amide bonds. The summed E-state index contributed by atoms with van der Waals surface area (Å²) in [7, 11) is -3.40. The van der Waals surface area contributed by atoms with Gasteiger partial charge >= 0.3 is 0 Å². The largest absolute Gasteiger partial charge is 0.325 e. The van der Waals surface area contributed by atoms with Gasteiger partial charge in [0.05, 0.1) is 5.75 Å². The molecule has 1 aromatic carbocycles. The van der Waals surface area contributed by atoms with Crippen molar-refractivity contribution >= 4 is 33.2 Å². The van der Waals surface area contributed by atoms with Crippen LogP contribution in [-0.2, 0) is 14.8 Å². The molecule has 26 heavy (non-hydrogen) atoms. The van der Waals surface area contributed by atoms with E-state index >= 15 is 0 Å². The van der Waals surface area contributed by atoms with Crippen LogP contribution in [0.2, 0.25) is 0 Å². The first kappa shape index (κ1) is 18.9. The number of hydrogen-bond donors (Lipinski definition) is 1. The van der Waals surface area contributed by atoms with E-state index in [0.29, 0.717) is 25.1 Å². The molecule has 1 aromatic heterocycles. The van der Waals surface area contributed by atoms with Crippen LogP contribution in [-0.4, -0.2) is 46.6 Å². The Morgan fingerprint density at radius 2 is 2.08 bits per heavy atom. The van der Waals surface area contributed by atoms with Crippen LogP contribution in [0, 0.1) is 0 Å². The van der Waals surface area contributed by atoms with E-state index in [9.17, 15) is 13.2 Å². The highest BCUT2D eigenvalue weighted by Gasteiger charge is 2.36. The van der Waals surface area contributed by atoms with Gasteiger partial charge < -0.3 is 5.32 Å². The van der Waals surface area contributed by atoms with Crippen molar-refractivity contribution in [3.05, 3.63) is 29.6 Å². The van der Waals surface area contributed by atoms with Crippen molar-refractivity contribution in [2.24, 2.45) is 0 Å². The molecule has 0 bridgehead atoms. The van der Waals surface area contributed by atoms with Crippen LogP contribution >= 0.6 is 11.5 Å². The third-order valence-corrected chi connectivity index (χ3v) is 6.96. The van der Waals surface area contributed by atoms with Gasteiger partial charge in [0.25, 0.3) is 0 Å². The number of carbonyl (C=O) groups is 1. The minimum Gasteiger partial charge on any atom is -0.325 e. The Bertz CT molecular complexity index is 835. The van der Waals surface area contributed by atoms with Gasteiger partial charge in [-0.2, -0.15) is 4.31 Å². The lowest BCUT2D eigenvalue weighted by Crippen LogP contribution is -2.50. The number of aromatic nitrogens is 2. The van der Waals surface area contributed by atoms with E-state index in [1.54, 1.807) is 12.1 Å². The van der Waals surface area contributed by atoms with E-state index in [1.807, 2.05) is 24.4 Å². The Morgan fingerprint density at radius 3 is 2.73 bits per heavy atom. The minimum absolute atomic E-state index is 0.0765. The summed E-state index contributed by atoms with van der Waals surface area (Å²) in [5.74, 6) is -0.194. The van der Waals surface area contributed by atoms with Crippen molar-refractivity contribution in [2.45, 2.75) is 38.6 Å². The highest BCUT2D eigenvalue weighted by Crippen LogP contribution is 2.24. The van der Waals surface area contributed by atoms with E-state index in [1.165, 1.54) is 15.8 Å². The number of anilines is 1. The quantitative estimate of drug-likeness (QED) is 0.813. The molecule has 3 rings (SSSR count). The second kappa shape index (κ2) is 8.24. The molecule has 9 heteroatoms. The summed E-state index contributed by atoms with van der Waals surface area (Å²) in [6.07, 6.45) is 2.74. The van der Waals surface area contributed by atoms with Gasteiger partial charge in [-0.1, -0.05) is 30.0 Å². The van der Waals surface area contributed by atoms with Crippen molar-refractivity contribution in [1.29, 1.82) is 0 Å². The topological polar surface area (TPSA) is 92.3 Å². The number of nitrogens with one attached hydrogen (secondary N) is 1. The molecule has 2 heterocycles. The zero-order valence-corrected chi connectivity index (χ0v) is 16.2. The lowest BCUT2D eigenvalue weighted by atomic mass is 10.0. The standard InChI is InChI=1S/C17H22N4O3S2/c1-2-11-26(23,24)21-10-4-3-5-16(21)17(22)18-14-8-6-13(7-9-14)15-12-25-20-19-15/h6-9,12,16H,2-5,10-11H2,1H3,(H,18,22). The van der Waals surface area contributed by atoms with E-state index in [-0.39, 0.29) is 11.7 Å². The summed E-state index contributed by atoms with van der Waals surface area (Å²) in [6, 6.07) is 6.67. The Kier molecular flexibility index (Phi) is 6.00. The molecule has 2 aromatic rings. The second-order valence-corrected chi connectivity index (χ2v) is 8.95. The minimum atomic E-state index is -3.40. The highest BCUT2D eigenvalue weighted by molar-refractivity contribution is 7.89. The maximum Gasteiger partial charge on any atom is 0.242 e. The summed E-state index contributed by atoms with van der Waals surface area (Å²) in [5.41, 5.74) is 2.35. The average molecular weight is 395 g/mol. The molecule has 0 radical (unpaired) electrons. The van der Waals surface area contributed by atoms with Gasteiger partial charge in [0.2, 0.25) is 15.9 Å². The lowest BCUT2D eigenvalue weighted by molar-refractivity contribution is -0.120. The van der Waals surface area contributed by atoms with Crippen molar-refractivity contribution in [3.63, 3.8) is 0 Å². The Balaban J connectivity index is 1.71. The first-order valence-electron chi connectivity index (χ1n) is 8.69. The van der Waals surface area contributed by atoms with Gasteiger partial charge in [-0.05, 0) is 42.9 Å².